The van der Waals surface area contributed by atoms with Crippen molar-refractivity contribution in [2.75, 3.05) is 5.43 Å². The molecule has 0 aromatic carbocycles. The molecular formula is C12H18N4. The minimum absolute atomic E-state index is 0.185. The van der Waals surface area contributed by atoms with Crippen LogP contribution in [0.25, 0.3) is 0 Å². The number of rotatable bonds is 3. The first-order valence-corrected chi connectivity index (χ1v) is 5.48. The van der Waals surface area contributed by atoms with Crippen LogP contribution in [0.15, 0.2) is 24.5 Å². The van der Waals surface area contributed by atoms with Crippen molar-refractivity contribution in [1.29, 1.82) is 0 Å². The van der Waals surface area contributed by atoms with Gasteiger partial charge >= 0.3 is 0 Å². The standard InChI is InChI=1S/C12H18N4/c1-9-5-6-10(2)16(9)14-11(3)12-13-7-8-15(12)4/h5-8,11,14H,1-4H3. The quantitative estimate of drug-likeness (QED) is 0.856. The molecule has 2 heterocycles. The Morgan fingerprint density at radius 1 is 1.25 bits per heavy atom. The van der Waals surface area contributed by atoms with Gasteiger partial charge in [-0.15, -0.1) is 0 Å². The van der Waals surface area contributed by atoms with Gasteiger partial charge in [-0.05, 0) is 32.9 Å². The van der Waals surface area contributed by atoms with Crippen LogP contribution in [0.3, 0.4) is 0 Å². The van der Waals surface area contributed by atoms with Gasteiger partial charge in [-0.2, -0.15) is 0 Å². The highest BCUT2D eigenvalue weighted by Gasteiger charge is 2.11. The minimum atomic E-state index is 0.185. The van der Waals surface area contributed by atoms with Crippen molar-refractivity contribution >= 4 is 0 Å². The van der Waals surface area contributed by atoms with E-state index in [1.54, 1.807) is 0 Å². The number of hydrogen-bond acceptors (Lipinski definition) is 2. The lowest BCUT2D eigenvalue weighted by atomic mass is 10.3. The third-order valence-corrected chi connectivity index (χ3v) is 2.84. The van der Waals surface area contributed by atoms with Crippen LogP contribution in [0.2, 0.25) is 0 Å². The summed E-state index contributed by atoms with van der Waals surface area (Å²) in [5.41, 5.74) is 5.85. The molecule has 0 spiro atoms. The number of aryl methyl sites for hydroxylation is 3. The molecule has 0 amide bonds. The summed E-state index contributed by atoms with van der Waals surface area (Å²) >= 11 is 0. The lowest BCUT2D eigenvalue weighted by molar-refractivity contribution is 0.637. The number of aromatic nitrogens is 3. The Kier molecular flexibility index (Phi) is 2.73. The predicted octanol–water partition coefficient (Wildman–Crippen LogP) is 2.14. The van der Waals surface area contributed by atoms with Crippen molar-refractivity contribution in [3.63, 3.8) is 0 Å². The van der Waals surface area contributed by atoms with Gasteiger partial charge in [0.2, 0.25) is 0 Å². The molecule has 2 rings (SSSR count). The molecule has 1 N–H and O–H groups in total. The smallest absolute Gasteiger partial charge is 0.132 e. The maximum atomic E-state index is 4.34. The predicted molar refractivity (Wildman–Crippen MR) is 64.9 cm³/mol. The van der Waals surface area contributed by atoms with Crippen molar-refractivity contribution in [1.82, 2.24) is 14.2 Å². The van der Waals surface area contributed by atoms with Gasteiger partial charge in [0.1, 0.15) is 5.82 Å². The fraction of sp³-hybridized carbons (Fsp3) is 0.417. The van der Waals surface area contributed by atoms with E-state index in [-0.39, 0.29) is 6.04 Å². The second-order valence-corrected chi connectivity index (χ2v) is 4.20. The Balaban J connectivity index is 2.20. The molecule has 0 saturated heterocycles. The van der Waals surface area contributed by atoms with Crippen LogP contribution in [-0.2, 0) is 7.05 Å². The number of imidazole rings is 1. The molecule has 0 saturated carbocycles. The van der Waals surface area contributed by atoms with Crippen molar-refractivity contribution in [2.45, 2.75) is 26.8 Å². The SMILES string of the molecule is Cc1ccc(C)n1NC(C)c1nccn1C. The molecular weight excluding hydrogens is 200 g/mol. The van der Waals surface area contributed by atoms with E-state index in [2.05, 4.69) is 48.0 Å². The zero-order valence-corrected chi connectivity index (χ0v) is 10.2. The Morgan fingerprint density at radius 3 is 2.38 bits per heavy atom. The summed E-state index contributed by atoms with van der Waals surface area (Å²) in [6.45, 7) is 6.29. The van der Waals surface area contributed by atoms with Crippen LogP contribution in [0.5, 0.6) is 0 Å². The van der Waals surface area contributed by atoms with Gasteiger partial charge in [-0.3, -0.25) is 4.68 Å². The number of nitrogens with one attached hydrogen (secondary N) is 1. The number of hydrogen-bond donors (Lipinski definition) is 1. The maximum absolute atomic E-state index is 4.34. The molecule has 4 heteroatoms. The summed E-state index contributed by atoms with van der Waals surface area (Å²) in [4.78, 5) is 4.34. The van der Waals surface area contributed by atoms with Gasteiger partial charge in [0.15, 0.2) is 0 Å². The van der Waals surface area contributed by atoms with Crippen LogP contribution in [0.4, 0.5) is 0 Å². The normalized spacial score (nSPS) is 12.8. The lowest BCUT2D eigenvalue weighted by Gasteiger charge is -2.19. The topological polar surface area (TPSA) is 34.8 Å². The highest BCUT2D eigenvalue weighted by atomic mass is 15.4. The minimum Gasteiger partial charge on any atom is -0.336 e. The average molecular weight is 218 g/mol. The van der Waals surface area contributed by atoms with Gasteiger partial charge in [-0.1, -0.05) is 0 Å². The third-order valence-electron chi connectivity index (χ3n) is 2.84. The van der Waals surface area contributed by atoms with Gasteiger partial charge in [-0.25, -0.2) is 4.98 Å². The Labute approximate surface area is 95.9 Å². The van der Waals surface area contributed by atoms with E-state index in [0.29, 0.717) is 0 Å². The van der Waals surface area contributed by atoms with Crippen molar-refractivity contribution in [3.05, 3.63) is 41.7 Å². The molecule has 1 unspecified atom stereocenters. The van der Waals surface area contributed by atoms with E-state index >= 15 is 0 Å². The Bertz CT molecular complexity index is 461. The van der Waals surface area contributed by atoms with Gasteiger partial charge in [0, 0.05) is 30.8 Å². The van der Waals surface area contributed by atoms with Crippen molar-refractivity contribution in [3.8, 4) is 0 Å². The van der Waals surface area contributed by atoms with E-state index in [4.69, 9.17) is 0 Å². The average Bonchev–Trinajstić information content (AvgIpc) is 2.79. The van der Waals surface area contributed by atoms with Gasteiger partial charge in [0.25, 0.3) is 0 Å². The van der Waals surface area contributed by atoms with Crippen LogP contribution >= 0.6 is 0 Å². The molecule has 0 aliphatic heterocycles. The first-order valence-electron chi connectivity index (χ1n) is 5.48. The maximum Gasteiger partial charge on any atom is 0.132 e. The molecule has 1 atom stereocenters. The van der Waals surface area contributed by atoms with Crippen LogP contribution < -0.4 is 5.43 Å². The largest absolute Gasteiger partial charge is 0.336 e. The van der Waals surface area contributed by atoms with Gasteiger partial charge < -0.3 is 9.99 Å². The summed E-state index contributed by atoms with van der Waals surface area (Å²) in [6.07, 6.45) is 3.78. The molecule has 0 fully saturated rings. The molecule has 0 radical (unpaired) electrons. The Hall–Kier alpha value is -1.71. The summed E-state index contributed by atoms with van der Waals surface area (Å²) in [5, 5.41) is 0. The van der Waals surface area contributed by atoms with Crippen LogP contribution in [-0.4, -0.2) is 14.2 Å². The molecule has 0 aliphatic rings. The Morgan fingerprint density at radius 2 is 1.88 bits per heavy atom. The molecule has 0 bridgehead atoms. The fourth-order valence-electron chi connectivity index (χ4n) is 1.92. The van der Waals surface area contributed by atoms with E-state index < -0.39 is 0 Å². The second kappa shape index (κ2) is 4.04. The highest BCUT2D eigenvalue weighted by Crippen LogP contribution is 2.13. The van der Waals surface area contributed by atoms with E-state index in [1.807, 2.05) is 24.0 Å². The molecule has 4 nitrogen and oxygen atoms in total. The second-order valence-electron chi connectivity index (χ2n) is 4.20. The number of nitrogens with zero attached hydrogens (tertiary/aromatic N) is 3. The first kappa shape index (κ1) is 10.8. The van der Waals surface area contributed by atoms with Crippen molar-refractivity contribution in [2.24, 2.45) is 7.05 Å². The molecule has 86 valence electrons. The van der Waals surface area contributed by atoms with E-state index in [1.165, 1.54) is 11.4 Å². The highest BCUT2D eigenvalue weighted by molar-refractivity contribution is 5.17. The van der Waals surface area contributed by atoms with E-state index in [9.17, 15) is 0 Å². The summed E-state index contributed by atoms with van der Waals surface area (Å²) in [5.74, 6) is 1.03. The monoisotopic (exact) mass is 218 g/mol. The molecule has 2 aromatic rings. The van der Waals surface area contributed by atoms with Crippen LogP contribution in [0, 0.1) is 13.8 Å². The first-order chi connectivity index (χ1) is 7.59. The molecule has 0 aliphatic carbocycles. The fourth-order valence-corrected chi connectivity index (χ4v) is 1.92. The van der Waals surface area contributed by atoms with Crippen molar-refractivity contribution < 1.29 is 0 Å². The third kappa shape index (κ3) is 1.83. The van der Waals surface area contributed by atoms with Crippen LogP contribution in [0.1, 0.15) is 30.2 Å². The molecule has 16 heavy (non-hydrogen) atoms. The lowest BCUT2D eigenvalue weighted by Crippen LogP contribution is -2.23. The van der Waals surface area contributed by atoms with Gasteiger partial charge in [0.05, 0.1) is 6.04 Å². The summed E-state index contributed by atoms with van der Waals surface area (Å²) in [6, 6.07) is 4.39. The summed E-state index contributed by atoms with van der Waals surface area (Å²) < 4.78 is 4.13. The summed E-state index contributed by atoms with van der Waals surface area (Å²) in [7, 11) is 2.01. The zero-order chi connectivity index (χ0) is 11.7. The zero-order valence-electron chi connectivity index (χ0n) is 10.2. The molecule has 2 aromatic heterocycles. The van der Waals surface area contributed by atoms with E-state index in [0.717, 1.165) is 5.82 Å².